The van der Waals surface area contributed by atoms with Crippen molar-refractivity contribution >= 4 is 61.0 Å². The van der Waals surface area contributed by atoms with E-state index < -0.39 is 0 Å². The minimum absolute atomic E-state index is 0.263. The van der Waals surface area contributed by atoms with E-state index in [1.54, 1.807) is 11.0 Å². The van der Waals surface area contributed by atoms with Crippen LogP contribution in [0, 0.1) is 0 Å². The van der Waals surface area contributed by atoms with Crippen LogP contribution in [-0.2, 0) is 11.3 Å². The number of thiazole rings is 1. The first kappa shape index (κ1) is 23.8. The summed E-state index contributed by atoms with van der Waals surface area (Å²) in [5, 5.41) is 5.02. The standard InChI is InChI=1S/C27H18BrClN4O3S/c1-2-36-18-10-7-15(8-11-18)24-30-27-33(31-24)26(35)23(37-27)22-19-13-17(28)9-12-21(19)32(25(22)34)14-16-5-3-4-6-20(16)29/h3-13H,2,14H2,1H3. The monoisotopic (exact) mass is 592 g/mol. The maximum atomic E-state index is 13.8. The lowest BCUT2D eigenvalue weighted by atomic mass is 10.1. The molecule has 1 amide bonds. The molecule has 0 radical (unpaired) electrons. The number of ether oxygens (including phenoxy) is 1. The fourth-order valence-corrected chi connectivity index (χ4v) is 5.91. The minimum atomic E-state index is -0.376. The lowest BCUT2D eigenvalue weighted by Gasteiger charge is -2.18. The molecule has 184 valence electrons. The van der Waals surface area contributed by atoms with Gasteiger partial charge in [-0.15, -0.1) is 5.10 Å². The minimum Gasteiger partial charge on any atom is -0.494 e. The highest BCUT2D eigenvalue weighted by Gasteiger charge is 2.35. The van der Waals surface area contributed by atoms with Crippen LogP contribution in [0.25, 0.3) is 21.9 Å². The number of carbonyl (C=O) groups excluding carboxylic acids is 1. The predicted molar refractivity (Wildman–Crippen MR) is 148 cm³/mol. The molecule has 0 saturated heterocycles. The zero-order valence-electron chi connectivity index (χ0n) is 19.4. The van der Waals surface area contributed by atoms with Crippen LogP contribution in [0.2, 0.25) is 5.02 Å². The van der Waals surface area contributed by atoms with Gasteiger partial charge in [-0.25, -0.2) is 0 Å². The third-order valence-corrected chi connectivity index (χ3v) is 7.96. The third-order valence-electron chi connectivity index (χ3n) is 6.07. The van der Waals surface area contributed by atoms with Crippen LogP contribution < -0.4 is 19.7 Å². The number of halogens is 2. The average Bonchev–Trinajstić information content (AvgIpc) is 3.52. The smallest absolute Gasteiger partial charge is 0.291 e. The number of anilines is 1. The van der Waals surface area contributed by atoms with Crippen molar-refractivity contribution in [1.29, 1.82) is 0 Å². The van der Waals surface area contributed by atoms with Gasteiger partial charge in [0.2, 0.25) is 4.96 Å². The van der Waals surface area contributed by atoms with Crippen LogP contribution in [0.3, 0.4) is 0 Å². The van der Waals surface area contributed by atoms with E-state index in [1.165, 1.54) is 4.52 Å². The van der Waals surface area contributed by atoms with Crippen molar-refractivity contribution in [3.63, 3.8) is 0 Å². The number of carbonyl (C=O) groups is 1. The number of rotatable bonds is 5. The molecule has 1 aliphatic rings. The molecule has 3 heterocycles. The van der Waals surface area contributed by atoms with Crippen molar-refractivity contribution in [3.05, 3.63) is 102 Å². The fourth-order valence-electron chi connectivity index (χ4n) is 4.35. The van der Waals surface area contributed by atoms with E-state index in [1.807, 2.05) is 67.6 Å². The van der Waals surface area contributed by atoms with Crippen molar-refractivity contribution in [2.24, 2.45) is 0 Å². The summed E-state index contributed by atoms with van der Waals surface area (Å²) in [4.78, 5) is 33.9. The molecule has 0 aliphatic carbocycles. The van der Waals surface area contributed by atoms with E-state index in [9.17, 15) is 9.59 Å². The molecule has 0 atom stereocenters. The Balaban J connectivity index is 1.46. The lowest BCUT2D eigenvalue weighted by Crippen LogP contribution is -2.32. The molecule has 0 fully saturated rings. The number of hydrogen-bond acceptors (Lipinski definition) is 6. The van der Waals surface area contributed by atoms with E-state index >= 15 is 0 Å². The molecule has 10 heteroatoms. The molecule has 5 aromatic rings. The summed E-state index contributed by atoms with van der Waals surface area (Å²) in [6.07, 6.45) is 0. The molecule has 0 unspecified atom stereocenters. The van der Waals surface area contributed by atoms with Crippen LogP contribution in [0.4, 0.5) is 5.69 Å². The first-order valence-electron chi connectivity index (χ1n) is 11.5. The Morgan fingerprint density at radius 3 is 2.57 bits per heavy atom. The Hall–Kier alpha value is -3.53. The molecule has 3 aromatic carbocycles. The van der Waals surface area contributed by atoms with Crippen molar-refractivity contribution in [1.82, 2.24) is 14.6 Å². The summed E-state index contributed by atoms with van der Waals surface area (Å²) in [7, 11) is 0. The van der Waals surface area contributed by atoms with Gasteiger partial charge in [-0.2, -0.15) is 9.50 Å². The first-order valence-corrected chi connectivity index (χ1v) is 13.5. The van der Waals surface area contributed by atoms with Gasteiger partial charge in [0.15, 0.2) is 5.82 Å². The van der Waals surface area contributed by atoms with Crippen molar-refractivity contribution in [3.8, 4) is 17.1 Å². The Kier molecular flexibility index (Phi) is 6.06. The predicted octanol–water partition coefficient (Wildman–Crippen LogP) is 5.10. The molecule has 0 spiro atoms. The number of nitrogens with zero attached hydrogens (tertiary/aromatic N) is 4. The van der Waals surface area contributed by atoms with Crippen LogP contribution in [0.5, 0.6) is 5.75 Å². The Bertz CT molecular complexity index is 1800. The lowest BCUT2D eigenvalue weighted by molar-refractivity contribution is -0.113. The Labute approximate surface area is 228 Å². The summed E-state index contributed by atoms with van der Waals surface area (Å²) in [6.45, 7) is 2.78. The molecular weight excluding hydrogens is 576 g/mol. The highest BCUT2D eigenvalue weighted by atomic mass is 79.9. The van der Waals surface area contributed by atoms with Crippen LogP contribution in [-0.4, -0.2) is 27.1 Å². The summed E-state index contributed by atoms with van der Waals surface area (Å²) in [5.74, 6) is 0.923. The number of amides is 1. The van der Waals surface area contributed by atoms with E-state index in [4.69, 9.17) is 16.3 Å². The van der Waals surface area contributed by atoms with Crippen LogP contribution in [0.1, 0.15) is 18.1 Å². The van der Waals surface area contributed by atoms with Crippen molar-refractivity contribution < 1.29 is 9.53 Å². The normalized spacial score (nSPS) is 14.5. The molecule has 37 heavy (non-hydrogen) atoms. The second-order valence-electron chi connectivity index (χ2n) is 8.34. The zero-order valence-corrected chi connectivity index (χ0v) is 22.6. The van der Waals surface area contributed by atoms with Crippen LogP contribution in [0.15, 0.2) is 76.0 Å². The first-order chi connectivity index (χ1) is 17.9. The quantitative estimate of drug-likeness (QED) is 0.284. The summed E-state index contributed by atoms with van der Waals surface area (Å²) < 4.78 is 7.86. The topological polar surface area (TPSA) is 76.8 Å². The highest BCUT2D eigenvalue weighted by Crippen LogP contribution is 2.38. The maximum absolute atomic E-state index is 13.8. The van der Waals surface area contributed by atoms with E-state index in [-0.39, 0.29) is 18.0 Å². The number of fused-ring (bicyclic) bond motifs is 2. The second-order valence-corrected chi connectivity index (χ2v) is 10.6. The van der Waals surface area contributed by atoms with Gasteiger partial charge in [0.05, 0.1) is 24.4 Å². The van der Waals surface area contributed by atoms with Gasteiger partial charge in [0, 0.05) is 20.6 Å². The molecule has 0 N–H and O–H groups in total. The largest absolute Gasteiger partial charge is 0.494 e. The average molecular weight is 594 g/mol. The zero-order chi connectivity index (χ0) is 25.7. The number of benzene rings is 3. The molecule has 0 saturated carbocycles. The van der Waals surface area contributed by atoms with Gasteiger partial charge in [-0.05, 0) is 61.0 Å². The SMILES string of the molecule is CCOc1ccc(-c2nc3sc(=C4C(=O)N(Cc5ccccc5Cl)c5ccc(Br)cc54)c(=O)n3n2)cc1. The Morgan fingerprint density at radius 1 is 1.05 bits per heavy atom. The van der Waals surface area contributed by atoms with Crippen molar-refractivity contribution in [2.45, 2.75) is 13.5 Å². The Morgan fingerprint density at radius 2 is 1.84 bits per heavy atom. The molecular formula is C27H18BrClN4O3S. The van der Waals surface area contributed by atoms with E-state index in [0.717, 1.165) is 38.4 Å². The summed E-state index contributed by atoms with van der Waals surface area (Å²) in [6, 6.07) is 20.4. The molecule has 0 bridgehead atoms. The van der Waals surface area contributed by atoms with Gasteiger partial charge in [0.25, 0.3) is 11.5 Å². The molecule has 7 nitrogen and oxygen atoms in total. The number of aromatic nitrogens is 3. The van der Waals surface area contributed by atoms with Crippen molar-refractivity contribution in [2.75, 3.05) is 11.5 Å². The van der Waals surface area contributed by atoms with E-state index in [0.29, 0.717) is 38.1 Å². The molecule has 2 aromatic heterocycles. The van der Waals surface area contributed by atoms with Crippen LogP contribution >= 0.6 is 38.9 Å². The maximum Gasteiger partial charge on any atom is 0.291 e. The van der Waals surface area contributed by atoms with Gasteiger partial charge >= 0.3 is 0 Å². The second kappa shape index (κ2) is 9.41. The summed E-state index contributed by atoms with van der Waals surface area (Å²) >= 11 is 11.0. The van der Waals surface area contributed by atoms with Gasteiger partial charge in [-0.1, -0.05) is 57.1 Å². The van der Waals surface area contributed by atoms with Gasteiger partial charge in [-0.3, -0.25) is 9.59 Å². The molecule has 1 aliphatic heterocycles. The fraction of sp³-hybridized carbons (Fsp3) is 0.111. The summed E-state index contributed by atoms with van der Waals surface area (Å²) in [5.41, 5.74) is 2.95. The van der Waals surface area contributed by atoms with Gasteiger partial charge < -0.3 is 9.64 Å². The van der Waals surface area contributed by atoms with E-state index in [2.05, 4.69) is 26.0 Å². The molecule has 6 rings (SSSR count). The highest BCUT2D eigenvalue weighted by molar-refractivity contribution is 9.10. The van der Waals surface area contributed by atoms with Gasteiger partial charge in [0.1, 0.15) is 10.3 Å². The third kappa shape index (κ3) is 4.13. The number of hydrogen-bond donors (Lipinski definition) is 0.